The maximum Gasteiger partial charge on any atom is 0.191 e. The summed E-state index contributed by atoms with van der Waals surface area (Å²) in [5, 5.41) is 16.2. The summed E-state index contributed by atoms with van der Waals surface area (Å²) in [4.78, 5) is 4.80. The van der Waals surface area contributed by atoms with Crippen LogP contribution in [0.4, 0.5) is 0 Å². The standard InChI is InChI=1S/C19H33N3O2/c1-2-6-16(11-13-23)15-21-19(22-17-7-3-4-8-17)20-12-10-18-9-5-14-24-18/h5,9,14,16-17,23H,2-4,6-8,10-13,15H2,1H3,(H2,20,21,22). The summed E-state index contributed by atoms with van der Waals surface area (Å²) in [5.74, 6) is 2.37. The second-order valence-corrected chi connectivity index (χ2v) is 6.74. The van der Waals surface area contributed by atoms with E-state index in [9.17, 15) is 5.11 Å². The first-order valence-electron chi connectivity index (χ1n) is 9.50. The van der Waals surface area contributed by atoms with E-state index in [1.54, 1.807) is 6.26 Å². The number of hydrogen-bond donors (Lipinski definition) is 3. The molecular weight excluding hydrogens is 302 g/mol. The van der Waals surface area contributed by atoms with Crippen LogP contribution in [0.3, 0.4) is 0 Å². The summed E-state index contributed by atoms with van der Waals surface area (Å²) in [7, 11) is 0. The van der Waals surface area contributed by atoms with Crippen molar-refractivity contribution in [1.29, 1.82) is 0 Å². The first-order chi connectivity index (χ1) is 11.8. The van der Waals surface area contributed by atoms with E-state index < -0.39 is 0 Å². The molecule has 5 heteroatoms. The van der Waals surface area contributed by atoms with Gasteiger partial charge in [0.15, 0.2) is 5.96 Å². The molecule has 0 bridgehead atoms. The topological polar surface area (TPSA) is 69.8 Å². The van der Waals surface area contributed by atoms with Crippen LogP contribution in [0.25, 0.3) is 0 Å². The molecule has 0 radical (unpaired) electrons. The van der Waals surface area contributed by atoms with Crippen molar-refractivity contribution in [1.82, 2.24) is 10.6 Å². The lowest BCUT2D eigenvalue weighted by Gasteiger charge is -2.19. The van der Waals surface area contributed by atoms with Crippen molar-refractivity contribution in [3.05, 3.63) is 24.2 Å². The Labute approximate surface area is 145 Å². The van der Waals surface area contributed by atoms with E-state index in [0.29, 0.717) is 12.0 Å². The summed E-state index contributed by atoms with van der Waals surface area (Å²) in [6.07, 6.45) is 10.7. The van der Waals surface area contributed by atoms with Crippen LogP contribution in [0.15, 0.2) is 27.8 Å². The van der Waals surface area contributed by atoms with Gasteiger partial charge in [0.25, 0.3) is 0 Å². The average Bonchev–Trinajstić information content (AvgIpc) is 3.26. The van der Waals surface area contributed by atoms with E-state index in [-0.39, 0.29) is 6.61 Å². The van der Waals surface area contributed by atoms with E-state index in [1.807, 2.05) is 12.1 Å². The summed E-state index contributed by atoms with van der Waals surface area (Å²) in [5.41, 5.74) is 0. The van der Waals surface area contributed by atoms with Gasteiger partial charge >= 0.3 is 0 Å². The molecule has 1 atom stereocenters. The molecular formula is C19H33N3O2. The van der Waals surface area contributed by atoms with E-state index in [1.165, 1.54) is 25.7 Å². The fourth-order valence-electron chi connectivity index (χ4n) is 3.31. The second-order valence-electron chi connectivity index (χ2n) is 6.74. The third-order valence-corrected chi connectivity index (χ3v) is 4.68. The van der Waals surface area contributed by atoms with Crippen LogP contribution in [0.1, 0.15) is 57.6 Å². The maximum absolute atomic E-state index is 9.22. The van der Waals surface area contributed by atoms with Crippen LogP contribution in [0.2, 0.25) is 0 Å². The molecule has 0 saturated heterocycles. The Hall–Kier alpha value is -1.49. The fraction of sp³-hybridized carbons (Fsp3) is 0.737. The summed E-state index contributed by atoms with van der Waals surface area (Å²) in [6, 6.07) is 4.47. The number of rotatable bonds is 10. The molecule has 1 fully saturated rings. The van der Waals surface area contributed by atoms with Gasteiger partial charge in [-0.15, -0.1) is 0 Å². The molecule has 1 aliphatic rings. The lowest BCUT2D eigenvalue weighted by molar-refractivity contribution is 0.253. The Kier molecular flexibility index (Phi) is 8.74. The highest BCUT2D eigenvalue weighted by Gasteiger charge is 2.16. The SMILES string of the molecule is CCCC(CCO)CN=C(NCCc1ccco1)NC1CCCC1. The zero-order valence-corrected chi connectivity index (χ0v) is 15.0. The molecule has 1 aliphatic carbocycles. The fourth-order valence-corrected chi connectivity index (χ4v) is 3.31. The number of guanidine groups is 1. The number of aliphatic hydroxyl groups excluding tert-OH is 1. The van der Waals surface area contributed by atoms with Crippen molar-refractivity contribution in [3.63, 3.8) is 0 Å². The highest BCUT2D eigenvalue weighted by Crippen LogP contribution is 2.17. The second kappa shape index (κ2) is 11.1. The molecule has 24 heavy (non-hydrogen) atoms. The lowest BCUT2D eigenvalue weighted by Crippen LogP contribution is -2.43. The number of nitrogens with one attached hydrogen (secondary N) is 2. The van der Waals surface area contributed by atoms with Crippen molar-refractivity contribution in [2.45, 2.75) is 64.3 Å². The highest BCUT2D eigenvalue weighted by molar-refractivity contribution is 5.80. The van der Waals surface area contributed by atoms with E-state index in [4.69, 9.17) is 9.41 Å². The summed E-state index contributed by atoms with van der Waals surface area (Å²) < 4.78 is 5.38. The maximum atomic E-state index is 9.22. The number of hydrogen-bond acceptors (Lipinski definition) is 3. The molecule has 0 aromatic carbocycles. The van der Waals surface area contributed by atoms with Gasteiger partial charge in [0, 0.05) is 32.2 Å². The zero-order valence-electron chi connectivity index (χ0n) is 15.0. The predicted molar refractivity (Wildman–Crippen MR) is 98.2 cm³/mol. The minimum absolute atomic E-state index is 0.248. The quantitative estimate of drug-likeness (QED) is 0.454. The molecule has 0 aliphatic heterocycles. The number of aliphatic hydroxyl groups is 1. The van der Waals surface area contributed by atoms with Gasteiger partial charge in [-0.2, -0.15) is 0 Å². The Morgan fingerprint density at radius 1 is 1.38 bits per heavy atom. The average molecular weight is 335 g/mol. The third kappa shape index (κ3) is 6.95. The van der Waals surface area contributed by atoms with Gasteiger partial charge in [-0.05, 0) is 43.7 Å². The van der Waals surface area contributed by atoms with E-state index in [0.717, 1.165) is 50.5 Å². The Morgan fingerprint density at radius 3 is 2.88 bits per heavy atom. The first-order valence-corrected chi connectivity index (χ1v) is 9.50. The normalized spacial score (nSPS) is 17.2. The lowest BCUT2D eigenvalue weighted by atomic mass is 10.0. The van der Waals surface area contributed by atoms with Gasteiger partial charge < -0.3 is 20.2 Å². The molecule has 5 nitrogen and oxygen atoms in total. The molecule has 1 unspecified atom stereocenters. The number of aliphatic imine (C=N–C) groups is 1. The Bertz CT molecular complexity index is 447. The van der Waals surface area contributed by atoms with Crippen LogP contribution in [-0.4, -0.2) is 36.8 Å². The monoisotopic (exact) mass is 335 g/mol. The van der Waals surface area contributed by atoms with E-state index in [2.05, 4.69) is 17.6 Å². The number of nitrogens with zero attached hydrogens (tertiary/aromatic N) is 1. The van der Waals surface area contributed by atoms with Gasteiger partial charge in [0.05, 0.1) is 6.26 Å². The van der Waals surface area contributed by atoms with Crippen molar-refractivity contribution >= 4 is 5.96 Å². The van der Waals surface area contributed by atoms with Crippen LogP contribution in [0.5, 0.6) is 0 Å². The Balaban J connectivity index is 1.85. The molecule has 1 aromatic rings. The summed E-state index contributed by atoms with van der Waals surface area (Å²) >= 11 is 0. The van der Waals surface area contributed by atoms with Crippen LogP contribution in [-0.2, 0) is 6.42 Å². The van der Waals surface area contributed by atoms with Crippen LogP contribution < -0.4 is 10.6 Å². The predicted octanol–water partition coefficient (Wildman–Crippen LogP) is 3.10. The van der Waals surface area contributed by atoms with Gasteiger partial charge in [-0.25, -0.2) is 0 Å². The van der Waals surface area contributed by atoms with E-state index >= 15 is 0 Å². The molecule has 3 N–H and O–H groups in total. The molecule has 136 valence electrons. The van der Waals surface area contributed by atoms with Crippen molar-refractivity contribution < 1.29 is 9.52 Å². The van der Waals surface area contributed by atoms with Gasteiger partial charge in [0.1, 0.15) is 5.76 Å². The molecule has 1 aromatic heterocycles. The van der Waals surface area contributed by atoms with Gasteiger partial charge in [-0.1, -0.05) is 26.2 Å². The number of furan rings is 1. The molecule has 2 rings (SSSR count). The third-order valence-electron chi connectivity index (χ3n) is 4.68. The van der Waals surface area contributed by atoms with Crippen LogP contribution >= 0.6 is 0 Å². The van der Waals surface area contributed by atoms with Gasteiger partial charge in [-0.3, -0.25) is 4.99 Å². The molecule has 0 spiro atoms. The minimum Gasteiger partial charge on any atom is -0.469 e. The van der Waals surface area contributed by atoms with Crippen LogP contribution in [0, 0.1) is 5.92 Å². The van der Waals surface area contributed by atoms with Crippen molar-refractivity contribution in [3.8, 4) is 0 Å². The molecule has 1 saturated carbocycles. The Morgan fingerprint density at radius 2 is 2.21 bits per heavy atom. The van der Waals surface area contributed by atoms with Crippen molar-refractivity contribution in [2.75, 3.05) is 19.7 Å². The summed E-state index contributed by atoms with van der Waals surface area (Å²) in [6.45, 7) is 4.02. The van der Waals surface area contributed by atoms with Crippen molar-refractivity contribution in [2.24, 2.45) is 10.9 Å². The molecule has 1 heterocycles. The molecule has 0 amide bonds. The minimum atomic E-state index is 0.248. The smallest absolute Gasteiger partial charge is 0.191 e. The van der Waals surface area contributed by atoms with Gasteiger partial charge in [0.2, 0.25) is 0 Å². The zero-order chi connectivity index (χ0) is 17.0. The largest absolute Gasteiger partial charge is 0.469 e. The first kappa shape index (κ1) is 18.8. The highest BCUT2D eigenvalue weighted by atomic mass is 16.3.